The summed E-state index contributed by atoms with van der Waals surface area (Å²) in [4.78, 5) is 18.2. The molecule has 1 saturated heterocycles. The SMILES string of the molecule is CCNCC1CCN(C(=O)Cc2cccnc2)CC1.Cl. The summed E-state index contributed by atoms with van der Waals surface area (Å²) >= 11 is 0. The highest BCUT2D eigenvalue weighted by Crippen LogP contribution is 2.17. The van der Waals surface area contributed by atoms with Crippen molar-refractivity contribution in [2.24, 2.45) is 5.92 Å². The van der Waals surface area contributed by atoms with E-state index in [0.717, 1.165) is 50.5 Å². The van der Waals surface area contributed by atoms with Crippen molar-refractivity contribution in [2.45, 2.75) is 26.2 Å². The molecule has 2 rings (SSSR count). The van der Waals surface area contributed by atoms with Gasteiger partial charge in [-0.3, -0.25) is 9.78 Å². The van der Waals surface area contributed by atoms with E-state index in [2.05, 4.69) is 17.2 Å². The van der Waals surface area contributed by atoms with E-state index in [4.69, 9.17) is 0 Å². The van der Waals surface area contributed by atoms with Gasteiger partial charge in [-0.25, -0.2) is 0 Å². The summed E-state index contributed by atoms with van der Waals surface area (Å²) < 4.78 is 0. The molecule has 0 aliphatic carbocycles. The van der Waals surface area contributed by atoms with Crippen molar-refractivity contribution in [3.63, 3.8) is 0 Å². The Balaban J connectivity index is 0.00000200. The quantitative estimate of drug-likeness (QED) is 0.903. The number of pyridine rings is 1. The smallest absolute Gasteiger partial charge is 0.227 e. The molecule has 0 atom stereocenters. The molecule has 0 aromatic carbocycles. The lowest BCUT2D eigenvalue weighted by atomic mass is 9.96. The third-order valence-electron chi connectivity index (χ3n) is 3.73. The molecule has 0 spiro atoms. The number of aromatic nitrogens is 1. The lowest BCUT2D eigenvalue weighted by molar-refractivity contribution is -0.131. The first-order valence-corrected chi connectivity index (χ1v) is 7.17. The maximum Gasteiger partial charge on any atom is 0.227 e. The van der Waals surface area contributed by atoms with E-state index in [-0.39, 0.29) is 18.3 Å². The topological polar surface area (TPSA) is 45.2 Å². The van der Waals surface area contributed by atoms with E-state index in [1.165, 1.54) is 0 Å². The zero-order chi connectivity index (χ0) is 13.5. The van der Waals surface area contributed by atoms with Crippen LogP contribution in [-0.4, -0.2) is 42.0 Å². The molecule has 0 saturated carbocycles. The fourth-order valence-electron chi connectivity index (χ4n) is 2.52. The number of piperidine rings is 1. The van der Waals surface area contributed by atoms with Gasteiger partial charge in [-0.15, -0.1) is 12.4 Å². The van der Waals surface area contributed by atoms with Crippen LogP contribution in [0.25, 0.3) is 0 Å². The number of carbonyl (C=O) groups excluding carboxylic acids is 1. The first kappa shape index (κ1) is 16.9. The first-order valence-electron chi connectivity index (χ1n) is 7.17. The molecule has 20 heavy (non-hydrogen) atoms. The van der Waals surface area contributed by atoms with Gasteiger partial charge in [0, 0.05) is 25.5 Å². The van der Waals surface area contributed by atoms with Crippen LogP contribution in [0.4, 0.5) is 0 Å². The maximum atomic E-state index is 12.2. The van der Waals surface area contributed by atoms with Gasteiger partial charge in [0.05, 0.1) is 6.42 Å². The Morgan fingerprint density at radius 1 is 1.45 bits per heavy atom. The van der Waals surface area contributed by atoms with Crippen LogP contribution in [-0.2, 0) is 11.2 Å². The Bertz CT molecular complexity index is 391. The van der Waals surface area contributed by atoms with Gasteiger partial charge in [0.15, 0.2) is 0 Å². The van der Waals surface area contributed by atoms with Crippen LogP contribution in [0, 0.1) is 5.92 Å². The number of nitrogens with one attached hydrogen (secondary N) is 1. The monoisotopic (exact) mass is 297 g/mol. The zero-order valence-corrected chi connectivity index (χ0v) is 12.9. The third kappa shape index (κ3) is 5.10. The van der Waals surface area contributed by atoms with Crippen LogP contribution in [0.15, 0.2) is 24.5 Å². The predicted octanol–water partition coefficient (Wildman–Crippen LogP) is 1.89. The van der Waals surface area contributed by atoms with E-state index in [1.54, 1.807) is 12.4 Å². The highest BCUT2D eigenvalue weighted by Gasteiger charge is 2.22. The van der Waals surface area contributed by atoms with Gasteiger partial charge in [0.1, 0.15) is 0 Å². The van der Waals surface area contributed by atoms with Crippen molar-refractivity contribution in [2.75, 3.05) is 26.2 Å². The summed E-state index contributed by atoms with van der Waals surface area (Å²) in [5.41, 5.74) is 1.00. The number of halogens is 1. The summed E-state index contributed by atoms with van der Waals surface area (Å²) in [5, 5.41) is 3.39. The Hall–Kier alpha value is -1.13. The van der Waals surface area contributed by atoms with Crippen molar-refractivity contribution in [1.29, 1.82) is 0 Å². The second kappa shape index (κ2) is 8.93. The van der Waals surface area contributed by atoms with Gasteiger partial charge in [0.25, 0.3) is 0 Å². The fraction of sp³-hybridized carbons (Fsp3) is 0.600. The second-order valence-corrected chi connectivity index (χ2v) is 5.17. The number of hydrogen-bond donors (Lipinski definition) is 1. The maximum absolute atomic E-state index is 12.2. The molecule has 4 nitrogen and oxygen atoms in total. The van der Waals surface area contributed by atoms with Crippen molar-refractivity contribution in [3.05, 3.63) is 30.1 Å². The molecular formula is C15H24ClN3O. The molecule has 2 heterocycles. The van der Waals surface area contributed by atoms with E-state index < -0.39 is 0 Å². The summed E-state index contributed by atoms with van der Waals surface area (Å²) in [6.07, 6.45) is 6.22. The van der Waals surface area contributed by atoms with Crippen molar-refractivity contribution in [1.82, 2.24) is 15.2 Å². The minimum atomic E-state index is 0. The van der Waals surface area contributed by atoms with Gasteiger partial charge >= 0.3 is 0 Å². The standard InChI is InChI=1S/C15H23N3O.ClH/c1-2-16-11-13-5-8-18(9-6-13)15(19)10-14-4-3-7-17-12-14;/h3-4,7,12-13,16H,2,5-6,8-11H2,1H3;1H. The molecule has 0 radical (unpaired) electrons. The van der Waals surface area contributed by atoms with Crippen LogP contribution < -0.4 is 5.32 Å². The summed E-state index contributed by atoms with van der Waals surface area (Å²) in [7, 11) is 0. The lowest BCUT2D eigenvalue weighted by Crippen LogP contribution is -2.41. The second-order valence-electron chi connectivity index (χ2n) is 5.17. The number of likely N-dealkylation sites (tertiary alicyclic amines) is 1. The minimum Gasteiger partial charge on any atom is -0.342 e. The van der Waals surface area contributed by atoms with Crippen molar-refractivity contribution >= 4 is 18.3 Å². The molecule has 1 N–H and O–H groups in total. The van der Waals surface area contributed by atoms with Crippen LogP contribution in [0.1, 0.15) is 25.3 Å². The molecule has 1 fully saturated rings. The van der Waals surface area contributed by atoms with E-state index in [1.807, 2.05) is 17.0 Å². The number of rotatable bonds is 5. The number of nitrogens with zero attached hydrogens (tertiary/aromatic N) is 2. The number of hydrogen-bond acceptors (Lipinski definition) is 3. The first-order chi connectivity index (χ1) is 9.29. The molecule has 1 aromatic heterocycles. The molecule has 1 aromatic rings. The predicted molar refractivity (Wildman–Crippen MR) is 83.0 cm³/mol. The highest BCUT2D eigenvalue weighted by molar-refractivity contribution is 5.85. The van der Waals surface area contributed by atoms with Crippen molar-refractivity contribution < 1.29 is 4.79 Å². The van der Waals surface area contributed by atoms with Gasteiger partial charge in [-0.1, -0.05) is 13.0 Å². The average Bonchev–Trinajstić information content (AvgIpc) is 2.46. The average molecular weight is 298 g/mol. The molecule has 0 unspecified atom stereocenters. The van der Waals surface area contributed by atoms with Gasteiger partial charge in [-0.2, -0.15) is 0 Å². The molecule has 5 heteroatoms. The lowest BCUT2D eigenvalue weighted by Gasteiger charge is -2.32. The third-order valence-corrected chi connectivity index (χ3v) is 3.73. The normalized spacial score (nSPS) is 15.8. The fourth-order valence-corrected chi connectivity index (χ4v) is 2.52. The largest absolute Gasteiger partial charge is 0.342 e. The van der Waals surface area contributed by atoms with Crippen LogP contribution >= 0.6 is 12.4 Å². The summed E-state index contributed by atoms with van der Waals surface area (Å²) in [6.45, 7) is 6.04. The van der Waals surface area contributed by atoms with Crippen LogP contribution in [0.2, 0.25) is 0 Å². The summed E-state index contributed by atoms with van der Waals surface area (Å²) in [5.74, 6) is 0.956. The Labute approximate surface area is 127 Å². The Morgan fingerprint density at radius 2 is 2.20 bits per heavy atom. The molecule has 1 amide bonds. The highest BCUT2D eigenvalue weighted by atomic mass is 35.5. The van der Waals surface area contributed by atoms with Crippen molar-refractivity contribution in [3.8, 4) is 0 Å². The molecule has 0 bridgehead atoms. The van der Waals surface area contributed by atoms with Gasteiger partial charge in [0.2, 0.25) is 5.91 Å². The Morgan fingerprint density at radius 3 is 2.80 bits per heavy atom. The molecular weight excluding hydrogens is 274 g/mol. The van der Waals surface area contributed by atoms with E-state index in [9.17, 15) is 4.79 Å². The van der Waals surface area contributed by atoms with Gasteiger partial charge < -0.3 is 10.2 Å². The van der Waals surface area contributed by atoms with E-state index in [0.29, 0.717) is 6.42 Å². The number of carbonyl (C=O) groups is 1. The minimum absolute atomic E-state index is 0. The molecule has 1 aliphatic rings. The Kier molecular flexibility index (Phi) is 7.55. The van der Waals surface area contributed by atoms with E-state index >= 15 is 0 Å². The van der Waals surface area contributed by atoms with Crippen LogP contribution in [0.3, 0.4) is 0 Å². The molecule has 1 aliphatic heterocycles. The van der Waals surface area contributed by atoms with Gasteiger partial charge in [-0.05, 0) is 43.5 Å². The number of amides is 1. The zero-order valence-electron chi connectivity index (χ0n) is 12.0. The summed E-state index contributed by atoms with van der Waals surface area (Å²) in [6, 6.07) is 3.84. The molecule has 112 valence electrons. The van der Waals surface area contributed by atoms with Crippen LogP contribution in [0.5, 0.6) is 0 Å².